The predicted molar refractivity (Wildman–Crippen MR) is 98.5 cm³/mol. The van der Waals surface area contributed by atoms with E-state index >= 15 is 0 Å². The Bertz CT molecular complexity index is 826. The van der Waals surface area contributed by atoms with Gasteiger partial charge in [-0.25, -0.2) is 4.98 Å². The van der Waals surface area contributed by atoms with Crippen LogP contribution < -0.4 is 5.32 Å². The van der Waals surface area contributed by atoms with Crippen molar-refractivity contribution >= 4 is 17.7 Å². The lowest BCUT2D eigenvalue weighted by molar-refractivity contribution is -0.118. The highest BCUT2D eigenvalue weighted by atomic mass is 32.2. The van der Waals surface area contributed by atoms with Crippen molar-refractivity contribution in [2.24, 2.45) is 0 Å². The first-order valence-corrected chi connectivity index (χ1v) is 8.71. The maximum absolute atomic E-state index is 11.6. The number of nitrogens with zero attached hydrogens (tertiary/aromatic N) is 2. The van der Waals surface area contributed by atoms with E-state index in [0.29, 0.717) is 5.75 Å². The van der Waals surface area contributed by atoms with Gasteiger partial charge in [0, 0.05) is 18.3 Å². The fourth-order valence-electron chi connectivity index (χ4n) is 2.39. The molecule has 0 atom stereocenters. The summed E-state index contributed by atoms with van der Waals surface area (Å²) in [5.74, 6) is 0.327. The lowest BCUT2D eigenvalue weighted by Gasteiger charge is -2.12. The lowest BCUT2D eigenvalue weighted by Crippen LogP contribution is -2.20. The average Bonchev–Trinajstić information content (AvgIpc) is 3.05. The second-order valence-corrected chi connectivity index (χ2v) is 6.37. The molecule has 1 N–H and O–H groups in total. The molecule has 3 rings (SSSR count). The summed E-state index contributed by atoms with van der Waals surface area (Å²) < 4.78 is 2.10. The largest absolute Gasteiger partial charge is 0.358 e. The van der Waals surface area contributed by atoms with Gasteiger partial charge in [0.2, 0.25) is 5.91 Å². The number of hydrogen-bond acceptors (Lipinski definition) is 3. The number of hydrogen-bond donors (Lipinski definition) is 1. The van der Waals surface area contributed by atoms with Gasteiger partial charge in [0.05, 0.1) is 17.6 Å². The number of aryl methyl sites for hydroxylation is 1. The lowest BCUT2D eigenvalue weighted by atomic mass is 10.1. The van der Waals surface area contributed by atoms with Crippen molar-refractivity contribution in [2.45, 2.75) is 12.1 Å². The highest BCUT2D eigenvalue weighted by molar-refractivity contribution is 7.99. The van der Waals surface area contributed by atoms with E-state index in [1.807, 2.05) is 36.5 Å². The molecule has 0 saturated carbocycles. The van der Waals surface area contributed by atoms with Crippen LogP contribution in [0.3, 0.4) is 0 Å². The van der Waals surface area contributed by atoms with Crippen LogP contribution in [0.5, 0.6) is 0 Å². The average molecular weight is 337 g/mol. The molecule has 24 heavy (non-hydrogen) atoms. The predicted octanol–water partition coefficient (Wildman–Crippen LogP) is 3.69. The van der Waals surface area contributed by atoms with Crippen LogP contribution in [0.15, 0.2) is 66.0 Å². The minimum Gasteiger partial charge on any atom is -0.358 e. The zero-order valence-corrected chi connectivity index (χ0v) is 14.5. The quantitative estimate of drug-likeness (QED) is 0.722. The number of benzene rings is 2. The summed E-state index contributed by atoms with van der Waals surface area (Å²) in [6, 6.07) is 18.5. The van der Waals surface area contributed by atoms with Crippen LogP contribution in [-0.2, 0) is 4.79 Å². The summed E-state index contributed by atoms with van der Waals surface area (Å²) >= 11 is 1.43. The Hall–Kier alpha value is -2.53. The number of carbonyl (C=O) groups is 1. The van der Waals surface area contributed by atoms with Crippen molar-refractivity contribution in [3.05, 3.63) is 66.4 Å². The van der Waals surface area contributed by atoms with Crippen LogP contribution in [0.25, 0.3) is 16.9 Å². The van der Waals surface area contributed by atoms with Crippen molar-refractivity contribution in [3.8, 4) is 16.9 Å². The van der Waals surface area contributed by atoms with Gasteiger partial charge in [-0.15, -0.1) is 0 Å². The molecule has 4 nitrogen and oxygen atoms in total. The Labute approximate surface area is 145 Å². The first kappa shape index (κ1) is 16.3. The molecule has 0 spiro atoms. The number of para-hydroxylation sites is 1. The van der Waals surface area contributed by atoms with Crippen molar-refractivity contribution < 1.29 is 4.79 Å². The molecule has 0 aliphatic heterocycles. The molecule has 122 valence electrons. The summed E-state index contributed by atoms with van der Waals surface area (Å²) in [7, 11) is 1.64. The first-order chi connectivity index (χ1) is 11.7. The smallest absolute Gasteiger partial charge is 0.230 e. The van der Waals surface area contributed by atoms with Crippen molar-refractivity contribution in [1.29, 1.82) is 0 Å². The van der Waals surface area contributed by atoms with E-state index in [1.54, 1.807) is 7.05 Å². The van der Waals surface area contributed by atoms with Crippen molar-refractivity contribution in [1.82, 2.24) is 14.9 Å². The number of aromatic nitrogens is 2. The minimum absolute atomic E-state index is 0.0144. The third kappa shape index (κ3) is 3.51. The second-order valence-electron chi connectivity index (χ2n) is 5.42. The number of amides is 1. The molecule has 0 fully saturated rings. The minimum atomic E-state index is -0.0144. The van der Waals surface area contributed by atoms with Crippen LogP contribution in [0, 0.1) is 6.92 Å². The van der Waals surface area contributed by atoms with Gasteiger partial charge in [-0.2, -0.15) is 0 Å². The molecule has 1 heterocycles. The number of rotatable bonds is 5. The van der Waals surface area contributed by atoms with E-state index in [4.69, 9.17) is 0 Å². The normalized spacial score (nSPS) is 10.6. The standard InChI is InChI=1S/C19H19N3OS/c1-14-8-10-15(11-9-14)17-12-21-19(24-13-18(23)20-2)22(17)16-6-4-3-5-7-16/h3-12H,13H2,1-2H3,(H,20,23). The third-order valence-electron chi connectivity index (χ3n) is 3.70. The summed E-state index contributed by atoms with van der Waals surface area (Å²) in [5, 5.41) is 3.45. The SMILES string of the molecule is CNC(=O)CSc1ncc(-c2ccc(C)cc2)n1-c1ccccc1. The van der Waals surface area contributed by atoms with Gasteiger partial charge in [0.1, 0.15) is 0 Å². The summed E-state index contributed by atoms with van der Waals surface area (Å²) in [5.41, 5.74) is 4.37. The summed E-state index contributed by atoms with van der Waals surface area (Å²) in [6.45, 7) is 2.07. The van der Waals surface area contributed by atoms with E-state index in [-0.39, 0.29) is 5.91 Å². The summed E-state index contributed by atoms with van der Waals surface area (Å²) in [4.78, 5) is 16.1. The Kier molecular flexibility index (Phi) is 5.01. The van der Waals surface area contributed by atoms with Gasteiger partial charge in [-0.3, -0.25) is 9.36 Å². The van der Waals surface area contributed by atoms with Gasteiger partial charge in [0.15, 0.2) is 5.16 Å². The molecule has 0 aliphatic rings. The highest BCUT2D eigenvalue weighted by Crippen LogP contribution is 2.29. The Morgan fingerprint density at radius 3 is 2.50 bits per heavy atom. The molecule has 3 aromatic rings. The van der Waals surface area contributed by atoms with E-state index in [1.165, 1.54) is 17.3 Å². The Balaban J connectivity index is 2.04. The fourth-order valence-corrected chi connectivity index (χ4v) is 3.26. The van der Waals surface area contributed by atoms with Crippen LogP contribution in [0.1, 0.15) is 5.56 Å². The first-order valence-electron chi connectivity index (χ1n) is 7.72. The molecule has 1 amide bonds. The van der Waals surface area contributed by atoms with Crippen LogP contribution in [0.4, 0.5) is 0 Å². The van der Waals surface area contributed by atoms with Gasteiger partial charge >= 0.3 is 0 Å². The molecule has 0 unspecified atom stereocenters. The van der Waals surface area contributed by atoms with E-state index < -0.39 is 0 Å². The summed E-state index contributed by atoms with van der Waals surface area (Å²) in [6.07, 6.45) is 1.86. The monoisotopic (exact) mass is 337 g/mol. The van der Waals surface area contributed by atoms with Gasteiger partial charge in [0.25, 0.3) is 0 Å². The highest BCUT2D eigenvalue weighted by Gasteiger charge is 2.15. The van der Waals surface area contributed by atoms with Crippen molar-refractivity contribution in [2.75, 3.05) is 12.8 Å². The zero-order valence-electron chi connectivity index (χ0n) is 13.7. The van der Waals surface area contributed by atoms with E-state index in [0.717, 1.165) is 22.1 Å². The zero-order chi connectivity index (χ0) is 16.9. The molecular weight excluding hydrogens is 318 g/mol. The second kappa shape index (κ2) is 7.36. The maximum Gasteiger partial charge on any atom is 0.230 e. The maximum atomic E-state index is 11.6. The van der Waals surface area contributed by atoms with E-state index in [2.05, 4.69) is 46.1 Å². The molecule has 0 saturated heterocycles. The molecule has 5 heteroatoms. The molecule has 0 bridgehead atoms. The molecule has 0 radical (unpaired) electrons. The Morgan fingerprint density at radius 1 is 1.12 bits per heavy atom. The van der Waals surface area contributed by atoms with Gasteiger partial charge < -0.3 is 5.32 Å². The fraction of sp³-hybridized carbons (Fsp3) is 0.158. The number of carbonyl (C=O) groups excluding carboxylic acids is 1. The topological polar surface area (TPSA) is 46.9 Å². The molecular formula is C19H19N3OS. The van der Waals surface area contributed by atoms with Crippen LogP contribution in [0.2, 0.25) is 0 Å². The third-order valence-corrected chi connectivity index (χ3v) is 4.66. The molecule has 1 aromatic heterocycles. The van der Waals surface area contributed by atoms with Crippen LogP contribution >= 0.6 is 11.8 Å². The number of thioether (sulfide) groups is 1. The molecule has 0 aliphatic carbocycles. The van der Waals surface area contributed by atoms with E-state index in [9.17, 15) is 4.79 Å². The van der Waals surface area contributed by atoms with Gasteiger partial charge in [-0.1, -0.05) is 59.8 Å². The van der Waals surface area contributed by atoms with Gasteiger partial charge in [-0.05, 0) is 19.1 Å². The van der Waals surface area contributed by atoms with Crippen molar-refractivity contribution in [3.63, 3.8) is 0 Å². The number of nitrogens with one attached hydrogen (secondary N) is 1. The molecule has 2 aromatic carbocycles. The number of imidazole rings is 1. The Morgan fingerprint density at radius 2 is 1.83 bits per heavy atom. The van der Waals surface area contributed by atoms with Crippen LogP contribution in [-0.4, -0.2) is 28.3 Å².